The third kappa shape index (κ3) is 6.59. The van der Waals surface area contributed by atoms with Crippen LogP contribution in [0.3, 0.4) is 0 Å². The summed E-state index contributed by atoms with van der Waals surface area (Å²) in [5, 5.41) is 0. The monoisotopic (exact) mass is 253 g/mol. The van der Waals surface area contributed by atoms with Gasteiger partial charge in [0, 0.05) is 6.54 Å². The fourth-order valence-electron chi connectivity index (χ4n) is 1.48. The van der Waals surface area contributed by atoms with Gasteiger partial charge in [0.25, 0.3) is 0 Å². The first-order chi connectivity index (χ1) is 8.86. The van der Waals surface area contributed by atoms with Crippen molar-refractivity contribution in [2.24, 2.45) is 5.73 Å². The lowest BCUT2D eigenvalue weighted by Crippen LogP contribution is -2.14. The molecule has 4 nitrogen and oxygen atoms in total. The van der Waals surface area contributed by atoms with E-state index in [2.05, 4.69) is 19.1 Å². The second kappa shape index (κ2) is 9.88. The number of hydrogen-bond donors (Lipinski definition) is 1. The molecule has 0 bridgehead atoms. The molecule has 0 saturated carbocycles. The van der Waals surface area contributed by atoms with Crippen LogP contribution in [0.4, 0.5) is 0 Å². The molecule has 1 aromatic carbocycles. The molecular weight excluding hydrogens is 230 g/mol. The van der Waals surface area contributed by atoms with E-state index in [1.54, 1.807) is 0 Å². The van der Waals surface area contributed by atoms with Gasteiger partial charge in [0.2, 0.25) is 0 Å². The smallest absolute Gasteiger partial charge is 0.119 e. The van der Waals surface area contributed by atoms with E-state index in [0.29, 0.717) is 39.6 Å². The average Bonchev–Trinajstić information content (AvgIpc) is 2.42. The second-order valence-electron chi connectivity index (χ2n) is 3.86. The fraction of sp³-hybridized carbons (Fsp3) is 0.571. The Morgan fingerprint density at radius 3 is 2.44 bits per heavy atom. The highest BCUT2D eigenvalue weighted by atomic mass is 16.5. The molecule has 0 aliphatic rings. The summed E-state index contributed by atoms with van der Waals surface area (Å²) in [5.74, 6) is 0.900. The van der Waals surface area contributed by atoms with Crippen molar-refractivity contribution in [1.82, 2.24) is 0 Å². The molecule has 0 radical (unpaired) electrons. The number of ether oxygens (including phenoxy) is 3. The van der Waals surface area contributed by atoms with Crippen LogP contribution in [0.1, 0.15) is 12.5 Å². The van der Waals surface area contributed by atoms with Gasteiger partial charge in [-0.3, -0.25) is 0 Å². The molecular formula is C14H23NO3. The first-order valence-electron chi connectivity index (χ1n) is 6.44. The lowest BCUT2D eigenvalue weighted by molar-refractivity contribution is 0.0388. The number of aryl methyl sites for hydroxylation is 1. The van der Waals surface area contributed by atoms with Gasteiger partial charge in [0.1, 0.15) is 12.4 Å². The molecule has 0 saturated heterocycles. The minimum absolute atomic E-state index is 0.552. The highest BCUT2D eigenvalue weighted by Gasteiger charge is 1.95. The van der Waals surface area contributed by atoms with Gasteiger partial charge in [0.15, 0.2) is 0 Å². The van der Waals surface area contributed by atoms with E-state index in [4.69, 9.17) is 19.9 Å². The lowest BCUT2D eigenvalue weighted by Gasteiger charge is -2.08. The zero-order chi connectivity index (χ0) is 13.1. The van der Waals surface area contributed by atoms with Crippen molar-refractivity contribution in [3.05, 3.63) is 29.8 Å². The highest BCUT2D eigenvalue weighted by molar-refractivity contribution is 5.28. The lowest BCUT2D eigenvalue weighted by atomic mass is 10.2. The van der Waals surface area contributed by atoms with Crippen molar-refractivity contribution in [3.8, 4) is 5.75 Å². The van der Waals surface area contributed by atoms with Crippen LogP contribution in [0.2, 0.25) is 0 Å². The molecule has 0 fully saturated rings. The quantitative estimate of drug-likeness (QED) is 0.644. The molecule has 102 valence electrons. The van der Waals surface area contributed by atoms with Gasteiger partial charge >= 0.3 is 0 Å². The van der Waals surface area contributed by atoms with Crippen molar-refractivity contribution < 1.29 is 14.2 Å². The summed E-state index contributed by atoms with van der Waals surface area (Å²) in [6.45, 7) is 5.57. The summed E-state index contributed by atoms with van der Waals surface area (Å²) in [5.41, 5.74) is 6.57. The van der Waals surface area contributed by atoms with Gasteiger partial charge in [0.05, 0.1) is 26.4 Å². The predicted octanol–water partition coefficient (Wildman–Crippen LogP) is 1.62. The normalized spacial score (nSPS) is 10.6. The zero-order valence-corrected chi connectivity index (χ0v) is 11.1. The minimum Gasteiger partial charge on any atom is -0.491 e. The van der Waals surface area contributed by atoms with Gasteiger partial charge in [-0.15, -0.1) is 0 Å². The molecule has 18 heavy (non-hydrogen) atoms. The molecule has 0 unspecified atom stereocenters. The van der Waals surface area contributed by atoms with Crippen LogP contribution in [-0.2, 0) is 15.9 Å². The maximum absolute atomic E-state index is 5.59. The molecule has 0 aliphatic heterocycles. The van der Waals surface area contributed by atoms with Crippen molar-refractivity contribution in [2.75, 3.05) is 39.6 Å². The van der Waals surface area contributed by atoms with Gasteiger partial charge in [-0.2, -0.15) is 0 Å². The van der Waals surface area contributed by atoms with E-state index in [-0.39, 0.29) is 0 Å². The number of hydrogen-bond acceptors (Lipinski definition) is 4. The SMILES string of the molecule is CCc1cccc(OCCOCCOCCN)c1. The molecule has 0 atom stereocenters. The standard InChI is InChI=1S/C14H23NO3/c1-2-13-4-3-5-14(12-13)18-11-10-17-9-8-16-7-6-15/h3-5,12H,2,6-11,15H2,1H3. The van der Waals surface area contributed by atoms with Gasteiger partial charge < -0.3 is 19.9 Å². The molecule has 0 aromatic heterocycles. The van der Waals surface area contributed by atoms with Crippen LogP contribution in [0.15, 0.2) is 24.3 Å². The molecule has 1 rings (SSSR count). The Morgan fingerprint density at radius 1 is 1.00 bits per heavy atom. The molecule has 4 heteroatoms. The molecule has 0 spiro atoms. The molecule has 0 heterocycles. The van der Waals surface area contributed by atoms with Crippen LogP contribution >= 0.6 is 0 Å². The van der Waals surface area contributed by atoms with Gasteiger partial charge in [-0.1, -0.05) is 19.1 Å². The van der Waals surface area contributed by atoms with E-state index in [1.807, 2.05) is 12.1 Å². The Morgan fingerprint density at radius 2 is 1.72 bits per heavy atom. The summed E-state index contributed by atoms with van der Waals surface area (Å²) >= 11 is 0. The summed E-state index contributed by atoms with van der Waals surface area (Å²) in [7, 11) is 0. The maximum Gasteiger partial charge on any atom is 0.119 e. The summed E-state index contributed by atoms with van der Waals surface area (Å²) < 4.78 is 16.1. The van der Waals surface area contributed by atoms with Crippen molar-refractivity contribution in [3.63, 3.8) is 0 Å². The van der Waals surface area contributed by atoms with Crippen molar-refractivity contribution in [1.29, 1.82) is 0 Å². The van der Waals surface area contributed by atoms with Crippen LogP contribution in [-0.4, -0.2) is 39.6 Å². The fourth-order valence-corrected chi connectivity index (χ4v) is 1.48. The van der Waals surface area contributed by atoms with E-state index < -0.39 is 0 Å². The first-order valence-corrected chi connectivity index (χ1v) is 6.44. The van der Waals surface area contributed by atoms with Crippen LogP contribution in [0.25, 0.3) is 0 Å². The molecule has 0 amide bonds. The first kappa shape index (κ1) is 15.0. The van der Waals surface area contributed by atoms with Crippen molar-refractivity contribution in [2.45, 2.75) is 13.3 Å². The van der Waals surface area contributed by atoms with Crippen LogP contribution in [0.5, 0.6) is 5.75 Å². The average molecular weight is 253 g/mol. The molecule has 1 aromatic rings. The third-order valence-electron chi connectivity index (χ3n) is 2.44. The second-order valence-corrected chi connectivity index (χ2v) is 3.86. The minimum atomic E-state index is 0.552. The molecule has 2 N–H and O–H groups in total. The summed E-state index contributed by atoms with van der Waals surface area (Å²) in [4.78, 5) is 0. The van der Waals surface area contributed by atoms with Crippen LogP contribution in [0, 0.1) is 0 Å². The number of rotatable bonds is 10. The number of benzene rings is 1. The van der Waals surface area contributed by atoms with E-state index in [0.717, 1.165) is 12.2 Å². The Balaban J connectivity index is 2.03. The Bertz CT molecular complexity index is 318. The molecule has 0 aliphatic carbocycles. The van der Waals surface area contributed by atoms with E-state index >= 15 is 0 Å². The maximum atomic E-state index is 5.59. The van der Waals surface area contributed by atoms with Crippen LogP contribution < -0.4 is 10.5 Å². The van der Waals surface area contributed by atoms with Gasteiger partial charge in [-0.25, -0.2) is 0 Å². The van der Waals surface area contributed by atoms with E-state index in [9.17, 15) is 0 Å². The summed E-state index contributed by atoms with van der Waals surface area (Å²) in [6, 6.07) is 8.13. The Kier molecular flexibility index (Phi) is 8.21. The largest absolute Gasteiger partial charge is 0.491 e. The Labute approximate surface area is 109 Å². The van der Waals surface area contributed by atoms with Gasteiger partial charge in [-0.05, 0) is 24.1 Å². The van der Waals surface area contributed by atoms with E-state index in [1.165, 1.54) is 5.56 Å². The highest BCUT2D eigenvalue weighted by Crippen LogP contribution is 2.13. The Hall–Kier alpha value is -1.10. The topological polar surface area (TPSA) is 53.7 Å². The summed E-state index contributed by atoms with van der Waals surface area (Å²) in [6.07, 6.45) is 1.02. The third-order valence-corrected chi connectivity index (χ3v) is 2.44. The number of nitrogens with two attached hydrogens (primary N) is 1. The predicted molar refractivity (Wildman–Crippen MR) is 72.0 cm³/mol. The zero-order valence-electron chi connectivity index (χ0n) is 11.1. The van der Waals surface area contributed by atoms with Crippen molar-refractivity contribution >= 4 is 0 Å².